The van der Waals surface area contributed by atoms with Gasteiger partial charge in [-0.1, -0.05) is 34.5 Å². The van der Waals surface area contributed by atoms with Gasteiger partial charge in [-0.3, -0.25) is 0 Å². The van der Waals surface area contributed by atoms with Crippen LogP contribution >= 0.6 is 23.2 Å². The van der Waals surface area contributed by atoms with E-state index in [1.165, 1.54) is 0 Å². The van der Waals surface area contributed by atoms with E-state index in [0.29, 0.717) is 15.7 Å². The van der Waals surface area contributed by atoms with Crippen molar-refractivity contribution in [3.8, 4) is 5.69 Å². The van der Waals surface area contributed by atoms with Gasteiger partial charge < -0.3 is 5.73 Å². The van der Waals surface area contributed by atoms with Crippen LogP contribution in [0, 0.1) is 6.92 Å². The Morgan fingerprint density at radius 3 is 2.65 bits per heavy atom. The van der Waals surface area contributed by atoms with E-state index in [0.717, 1.165) is 11.4 Å². The predicted octanol–water partition coefficient (Wildman–Crippen LogP) is 2.90. The molecule has 0 amide bonds. The van der Waals surface area contributed by atoms with Crippen LogP contribution in [0.3, 0.4) is 0 Å². The summed E-state index contributed by atoms with van der Waals surface area (Å²) in [6.07, 6.45) is 0. The molecule has 1 heterocycles. The van der Waals surface area contributed by atoms with Crippen molar-refractivity contribution in [2.75, 3.05) is 0 Å². The lowest BCUT2D eigenvalue weighted by Crippen LogP contribution is -2.08. The normalized spacial score (nSPS) is 12.8. The maximum atomic E-state index is 6.14. The molecule has 1 atom stereocenters. The molecule has 1 aromatic carbocycles. The summed E-state index contributed by atoms with van der Waals surface area (Å²) in [5.74, 6) is 0. The second-order valence-corrected chi connectivity index (χ2v) is 4.62. The molecule has 2 aromatic rings. The van der Waals surface area contributed by atoms with Crippen molar-refractivity contribution < 1.29 is 0 Å². The van der Waals surface area contributed by atoms with Gasteiger partial charge in [0.05, 0.1) is 21.4 Å². The molecule has 0 saturated heterocycles. The first kappa shape index (κ1) is 12.4. The lowest BCUT2D eigenvalue weighted by Gasteiger charge is -2.07. The van der Waals surface area contributed by atoms with Gasteiger partial charge in [0.2, 0.25) is 0 Å². The van der Waals surface area contributed by atoms with Crippen LogP contribution in [-0.4, -0.2) is 15.0 Å². The number of hydrogen-bond donors (Lipinski definition) is 1. The van der Waals surface area contributed by atoms with Crippen LogP contribution in [0.4, 0.5) is 0 Å². The highest BCUT2D eigenvalue weighted by Crippen LogP contribution is 2.29. The molecule has 90 valence electrons. The second-order valence-electron chi connectivity index (χ2n) is 3.83. The number of rotatable bonds is 2. The molecule has 2 rings (SSSR count). The zero-order chi connectivity index (χ0) is 12.6. The predicted molar refractivity (Wildman–Crippen MR) is 68.7 cm³/mol. The average molecular weight is 271 g/mol. The maximum Gasteiger partial charge on any atom is 0.102 e. The van der Waals surface area contributed by atoms with E-state index < -0.39 is 0 Å². The van der Waals surface area contributed by atoms with Gasteiger partial charge in [-0.25, -0.2) is 4.68 Å². The molecule has 6 heteroatoms. The van der Waals surface area contributed by atoms with Crippen LogP contribution in [-0.2, 0) is 0 Å². The number of nitrogens with zero attached hydrogens (tertiary/aromatic N) is 3. The van der Waals surface area contributed by atoms with Crippen molar-refractivity contribution in [3.05, 3.63) is 39.6 Å². The summed E-state index contributed by atoms with van der Waals surface area (Å²) in [4.78, 5) is 0. The Hall–Kier alpha value is -1.10. The highest BCUT2D eigenvalue weighted by molar-refractivity contribution is 6.43. The van der Waals surface area contributed by atoms with Gasteiger partial charge in [0.15, 0.2) is 0 Å². The Morgan fingerprint density at radius 1 is 1.35 bits per heavy atom. The van der Waals surface area contributed by atoms with Crippen LogP contribution in [0.5, 0.6) is 0 Å². The SMILES string of the molecule is Cc1c(C(C)N)nnn1-c1cccc(Cl)c1Cl. The first-order valence-corrected chi connectivity index (χ1v) is 5.90. The van der Waals surface area contributed by atoms with Crippen molar-refractivity contribution in [1.82, 2.24) is 15.0 Å². The fourth-order valence-electron chi connectivity index (χ4n) is 1.65. The van der Waals surface area contributed by atoms with E-state index in [1.807, 2.05) is 26.0 Å². The molecule has 0 bridgehead atoms. The van der Waals surface area contributed by atoms with Crippen molar-refractivity contribution in [1.29, 1.82) is 0 Å². The standard InChI is InChI=1S/C11H12Cl2N4/c1-6(14)11-7(2)17(16-15-11)9-5-3-4-8(12)10(9)13/h3-6H,14H2,1-2H3. The molecular weight excluding hydrogens is 259 g/mol. The number of halogens is 2. The Kier molecular flexibility index (Phi) is 3.38. The average Bonchev–Trinajstić information content (AvgIpc) is 2.64. The molecule has 2 N–H and O–H groups in total. The zero-order valence-corrected chi connectivity index (χ0v) is 11.0. The summed E-state index contributed by atoms with van der Waals surface area (Å²) >= 11 is 12.1. The lowest BCUT2D eigenvalue weighted by atomic mass is 10.2. The Bertz CT molecular complexity index is 548. The van der Waals surface area contributed by atoms with Gasteiger partial charge in [-0.15, -0.1) is 5.10 Å². The van der Waals surface area contributed by atoms with E-state index in [-0.39, 0.29) is 6.04 Å². The molecular formula is C11H12Cl2N4. The monoisotopic (exact) mass is 270 g/mol. The maximum absolute atomic E-state index is 6.14. The van der Waals surface area contributed by atoms with E-state index in [9.17, 15) is 0 Å². The van der Waals surface area contributed by atoms with Crippen LogP contribution in [0.2, 0.25) is 10.0 Å². The fourth-order valence-corrected chi connectivity index (χ4v) is 2.02. The van der Waals surface area contributed by atoms with Crippen LogP contribution in [0.1, 0.15) is 24.4 Å². The van der Waals surface area contributed by atoms with Gasteiger partial charge in [0.25, 0.3) is 0 Å². The largest absolute Gasteiger partial charge is 0.323 e. The molecule has 0 radical (unpaired) electrons. The summed E-state index contributed by atoms with van der Waals surface area (Å²) in [6.45, 7) is 3.76. The van der Waals surface area contributed by atoms with Gasteiger partial charge in [0.1, 0.15) is 5.69 Å². The van der Waals surface area contributed by atoms with Crippen molar-refractivity contribution >= 4 is 23.2 Å². The molecule has 4 nitrogen and oxygen atoms in total. The quantitative estimate of drug-likeness (QED) is 0.913. The van der Waals surface area contributed by atoms with Gasteiger partial charge in [-0.2, -0.15) is 0 Å². The van der Waals surface area contributed by atoms with Gasteiger partial charge >= 0.3 is 0 Å². The minimum Gasteiger partial charge on any atom is -0.323 e. The molecule has 0 aliphatic carbocycles. The third-order valence-electron chi connectivity index (χ3n) is 2.52. The van der Waals surface area contributed by atoms with Gasteiger partial charge in [-0.05, 0) is 26.0 Å². The van der Waals surface area contributed by atoms with E-state index in [4.69, 9.17) is 28.9 Å². The summed E-state index contributed by atoms with van der Waals surface area (Å²) in [5, 5.41) is 9.05. The van der Waals surface area contributed by atoms with Crippen LogP contribution in [0.15, 0.2) is 18.2 Å². The Balaban J connectivity index is 2.58. The minimum absolute atomic E-state index is 0.165. The van der Waals surface area contributed by atoms with Crippen molar-refractivity contribution in [3.63, 3.8) is 0 Å². The summed E-state index contributed by atoms with van der Waals surface area (Å²) in [6, 6.07) is 5.21. The van der Waals surface area contributed by atoms with E-state index >= 15 is 0 Å². The summed E-state index contributed by atoms with van der Waals surface area (Å²) in [5.41, 5.74) is 8.12. The third kappa shape index (κ3) is 2.16. The highest BCUT2D eigenvalue weighted by atomic mass is 35.5. The highest BCUT2D eigenvalue weighted by Gasteiger charge is 2.15. The molecule has 0 aliphatic heterocycles. The smallest absolute Gasteiger partial charge is 0.102 e. The number of benzene rings is 1. The fraction of sp³-hybridized carbons (Fsp3) is 0.273. The number of aromatic nitrogens is 3. The Morgan fingerprint density at radius 2 is 2.06 bits per heavy atom. The summed E-state index contributed by atoms with van der Waals surface area (Å²) < 4.78 is 1.65. The van der Waals surface area contributed by atoms with Gasteiger partial charge in [0, 0.05) is 6.04 Å². The first-order valence-electron chi connectivity index (χ1n) is 5.14. The first-order chi connectivity index (χ1) is 8.02. The van der Waals surface area contributed by atoms with Crippen LogP contribution in [0.25, 0.3) is 5.69 Å². The van der Waals surface area contributed by atoms with E-state index in [2.05, 4.69) is 10.3 Å². The molecule has 1 unspecified atom stereocenters. The molecule has 0 spiro atoms. The lowest BCUT2D eigenvalue weighted by molar-refractivity contribution is 0.756. The van der Waals surface area contributed by atoms with Crippen molar-refractivity contribution in [2.24, 2.45) is 5.73 Å². The Labute approximate surface area is 109 Å². The molecule has 0 saturated carbocycles. The molecule has 1 aromatic heterocycles. The topological polar surface area (TPSA) is 56.7 Å². The zero-order valence-electron chi connectivity index (χ0n) is 9.48. The number of hydrogen-bond acceptors (Lipinski definition) is 3. The number of nitrogens with two attached hydrogens (primary N) is 1. The minimum atomic E-state index is -0.165. The third-order valence-corrected chi connectivity index (χ3v) is 3.33. The second kappa shape index (κ2) is 4.64. The summed E-state index contributed by atoms with van der Waals surface area (Å²) in [7, 11) is 0. The molecule has 17 heavy (non-hydrogen) atoms. The van der Waals surface area contributed by atoms with Crippen LogP contribution < -0.4 is 5.73 Å². The molecule has 0 fully saturated rings. The van der Waals surface area contributed by atoms with E-state index in [1.54, 1.807) is 10.7 Å². The van der Waals surface area contributed by atoms with Crippen molar-refractivity contribution in [2.45, 2.75) is 19.9 Å². The molecule has 0 aliphatic rings.